The van der Waals surface area contributed by atoms with E-state index in [-0.39, 0.29) is 12.5 Å². The quantitative estimate of drug-likeness (QED) is 0.667. The number of hydrogen-bond donors (Lipinski definition) is 1. The number of amides is 1. The molecule has 1 N–H and O–H groups in total. The molecule has 1 amide bonds. The smallest absolute Gasteiger partial charge is 0.339 e. The molecule has 1 aliphatic carbocycles. The summed E-state index contributed by atoms with van der Waals surface area (Å²) >= 11 is 5.85. The zero-order valence-electron chi connectivity index (χ0n) is 15.2. The number of pyridine rings is 1. The summed E-state index contributed by atoms with van der Waals surface area (Å²) in [6.07, 6.45) is 2.64. The van der Waals surface area contributed by atoms with Gasteiger partial charge in [0, 0.05) is 22.6 Å². The Morgan fingerprint density at radius 1 is 1.07 bits per heavy atom. The first-order valence-corrected chi connectivity index (χ1v) is 9.58. The van der Waals surface area contributed by atoms with Gasteiger partial charge in [-0.05, 0) is 48.6 Å². The van der Waals surface area contributed by atoms with Crippen LogP contribution in [0.3, 0.4) is 0 Å². The highest BCUT2D eigenvalue weighted by Crippen LogP contribution is 2.30. The van der Waals surface area contributed by atoms with E-state index in [1.54, 1.807) is 12.1 Å². The van der Waals surface area contributed by atoms with Gasteiger partial charge in [0.25, 0.3) is 5.91 Å². The van der Waals surface area contributed by atoms with Crippen LogP contribution in [0.5, 0.6) is 0 Å². The van der Waals surface area contributed by atoms with Gasteiger partial charge in [0.15, 0.2) is 6.61 Å². The number of nitrogens with one attached hydrogen (secondary N) is 1. The Kier molecular flexibility index (Phi) is 5.26. The van der Waals surface area contributed by atoms with Crippen LogP contribution < -0.4 is 5.32 Å². The van der Waals surface area contributed by atoms with Gasteiger partial charge in [-0.25, -0.2) is 4.79 Å². The predicted octanol–water partition coefficient (Wildman–Crippen LogP) is 3.85. The van der Waals surface area contributed by atoms with Crippen molar-refractivity contribution in [1.82, 2.24) is 10.3 Å². The highest BCUT2D eigenvalue weighted by molar-refractivity contribution is 6.30. The number of para-hydroxylation sites is 1. The molecule has 0 saturated heterocycles. The molecule has 0 atom stereocenters. The van der Waals surface area contributed by atoms with Crippen LogP contribution in [0.1, 0.15) is 33.6 Å². The predicted molar refractivity (Wildman–Crippen MR) is 107 cm³/mol. The number of benzene rings is 2. The molecular formula is C22H19ClN2O3. The number of halogens is 1. The lowest BCUT2D eigenvalue weighted by atomic mass is 10.0. The standard InChI is InChI=1S/C22H19ClN2O3/c23-15-10-8-14(9-11-15)12-24-20(26)13-28-22(27)21-16-4-1-2-6-18(16)25-19-7-3-5-17(19)21/h1-2,4,6,8-11H,3,5,7,12-13H2,(H,24,26). The monoisotopic (exact) mass is 394 g/mol. The first-order valence-electron chi connectivity index (χ1n) is 9.20. The molecular weight excluding hydrogens is 376 g/mol. The van der Waals surface area contributed by atoms with Crippen molar-refractivity contribution in [3.63, 3.8) is 0 Å². The van der Waals surface area contributed by atoms with E-state index in [9.17, 15) is 9.59 Å². The van der Waals surface area contributed by atoms with Gasteiger partial charge in [0.2, 0.25) is 0 Å². The van der Waals surface area contributed by atoms with Crippen molar-refractivity contribution in [3.05, 3.63) is 75.9 Å². The van der Waals surface area contributed by atoms with E-state index < -0.39 is 5.97 Å². The molecule has 0 unspecified atom stereocenters. The van der Waals surface area contributed by atoms with Gasteiger partial charge in [-0.3, -0.25) is 9.78 Å². The van der Waals surface area contributed by atoms with Crippen molar-refractivity contribution in [3.8, 4) is 0 Å². The summed E-state index contributed by atoms with van der Waals surface area (Å²) in [4.78, 5) is 29.5. The summed E-state index contributed by atoms with van der Waals surface area (Å²) in [5.74, 6) is -0.822. The van der Waals surface area contributed by atoms with E-state index in [0.717, 1.165) is 47.0 Å². The van der Waals surface area contributed by atoms with Crippen molar-refractivity contribution in [2.45, 2.75) is 25.8 Å². The largest absolute Gasteiger partial charge is 0.452 e. The van der Waals surface area contributed by atoms with E-state index >= 15 is 0 Å². The maximum Gasteiger partial charge on any atom is 0.339 e. The second-order valence-electron chi connectivity index (χ2n) is 6.76. The molecule has 0 saturated carbocycles. The van der Waals surface area contributed by atoms with Crippen LogP contribution in [0.25, 0.3) is 10.9 Å². The Morgan fingerprint density at radius 2 is 1.86 bits per heavy atom. The van der Waals surface area contributed by atoms with Crippen molar-refractivity contribution >= 4 is 34.4 Å². The Hall–Kier alpha value is -2.92. The van der Waals surface area contributed by atoms with Crippen LogP contribution in [-0.2, 0) is 28.9 Å². The summed E-state index contributed by atoms with van der Waals surface area (Å²) < 4.78 is 5.33. The number of hydrogen-bond acceptors (Lipinski definition) is 4. The molecule has 0 radical (unpaired) electrons. The van der Waals surface area contributed by atoms with E-state index in [1.807, 2.05) is 36.4 Å². The average molecular weight is 395 g/mol. The summed E-state index contributed by atoms with van der Waals surface area (Å²) in [6, 6.07) is 14.7. The number of esters is 1. The Balaban J connectivity index is 1.44. The number of carbonyl (C=O) groups is 2. The molecule has 1 aromatic heterocycles. The Morgan fingerprint density at radius 3 is 2.68 bits per heavy atom. The Bertz CT molecular complexity index is 1050. The second kappa shape index (κ2) is 7.98. The van der Waals surface area contributed by atoms with E-state index in [2.05, 4.69) is 10.3 Å². The molecule has 0 spiro atoms. The molecule has 0 fully saturated rings. The summed E-state index contributed by atoms with van der Waals surface area (Å²) in [7, 11) is 0. The fourth-order valence-electron chi connectivity index (χ4n) is 3.50. The number of fused-ring (bicyclic) bond motifs is 2. The zero-order valence-corrected chi connectivity index (χ0v) is 16.0. The molecule has 142 valence electrons. The minimum Gasteiger partial charge on any atom is -0.452 e. The molecule has 3 aromatic rings. The van der Waals surface area contributed by atoms with Crippen LogP contribution in [0.4, 0.5) is 0 Å². The minimum atomic E-state index is -0.474. The lowest BCUT2D eigenvalue weighted by Gasteiger charge is -2.12. The van der Waals surface area contributed by atoms with E-state index in [4.69, 9.17) is 16.3 Å². The third-order valence-corrected chi connectivity index (χ3v) is 5.11. The number of ether oxygens (including phenoxy) is 1. The number of carbonyl (C=O) groups excluding carboxylic acids is 2. The lowest BCUT2D eigenvalue weighted by Crippen LogP contribution is -2.28. The molecule has 2 aromatic carbocycles. The molecule has 0 bridgehead atoms. The second-order valence-corrected chi connectivity index (χ2v) is 7.20. The van der Waals surface area contributed by atoms with E-state index in [1.165, 1.54) is 0 Å². The highest BCUT2D eigenvalue weighted by Gasteiger charge is 2.25. The van der Waals surface area contributed by atoms with Crippen LogP contribution >= 0.6 is 11.6 Å². The molecule has 1 aliphatic rings. The minimum absolute atomic E-state index is 0.322. The van der Waals surface area contributed by atoms with E-state index in [0.29, 0.717) is 17.1 Å². The number of rotatable bonds is 5. The molecule has 4 rings (SSSR count). The summed E-state index contributed by atoms with van der Waals surface area (Å²) in [5, 5.41) is 4.16. The third-order valence-electron chi connectivity index (χ3n) is 4.86. The number of aromatic nitrogens is 1. The first kappa shape index (κ1) is 18.4. The number of aryl methyl sites for hydroxylation is 1. The van der Waals surface area contributed by atoms with Gasteiger partial charge in [0.05, 0.1) is 11.1 Å². The van der Waals surface area contributed by atoms with Gasteiger partial charge in [-0.2, -0.15) is 0 Å². The molecule has 6 heteroatoms. The van der Waals surface area contributed by atoms with Gasteiger partial charge < -0.3 is 10.1 Å². The molecule has 5 nitrogen and oxygen atoms in total. The van der Waals surface area contributed by atoms with Crippen molar-refractivity contribution in [2.75, 3.05) is 6.61 Å². The van der Waals surface area contributed by atoms with Gasteiger partial charge in [-0.1, -0.05) is 41.9 Å². The van der Waals surface area contributed by atoms with Crippen molar-refractivity contribution in [2.24, 2.45) is 0 Å². The molecule has 28 heavy (non-hydrogen) atoms. The highest BCUT2D eigenvalue weighted by atomic mass is 35.5. The van der Waals surface area contributed by atoms with Gasteiger partial charge >= 0.3 is 5.97 Å². The van der Waals surface area contributed by atoms with Gasteiger partial charge in [0.1, 0.15) is 0 Å². The molecule has 1 heterocycles. The zero-order chi connectivity index (χ0) is 19.5. The molecule has 0 aliphatic heterocycles. The topological polar surface area (TPSA) is 68.3 Å². The fourth-order valence-corrected chi connectivity index (χ4v) is 3.63. The lowest BCUT2D eigenvalue weighted by molar-refractivity contribution is -0.124. The SMILES string of the molecule is O=C(COC(=O)c1c2c(nc3ccccc13)CCC2)NCc1ccc(Cl)cc1. The maximum absolute atomic E-state index is 12.8. The van der Waals surface area contributed by atoms with Crippen LogP contribution in [0, 0.1) is 0 Å². The number of nitrogens with zero attached hydrogens (tertiary/aromatic N) is 1. The van der Waals surface area contributed by atoms with Crippen molar-refractivity contribution in [1.29, 1.82) is 0 Å². The summed E-state index contributed by atoms with van der Waals surface area (Å²) in [6.45, 7) is 0.0268. The van der Waals surface area contributed by atoms with Crippen LogP contribution in [0.15, 0.2) is 48.5 Å². The third kappa shape index (κ3) is 3.85. The van der Waals surface area contributed by atoms with Crippen LogP contribution in [0.2, 0.25) is 5.02 Å². The summed E-state index contributed by atoms with van der Waals surface area (Å²) in [5.41, 5.74) is 4.15. The van der Waals surface area contributed by atoms with Gasteiger partial charge in [-0.15, -0.1) is 0 Å². The first-order chi connectivity index (χ1) is 13.6. The maximum atomic E-state index is 12.8. The normalized spacial score (nSPS) is 12.6. The average Bonchev–Trinajstić information content (AvgIpc) is 3.17. The Labute approximate surface area is 167 Å². The van der Waals surface area contributed by atoms with Crippen molar-refractivity contribution < 1.29 is 14.3 Å². The fraction of sp³-hybridized carbons (Fsp3) is 0.227. The van der Waals surface area contributed by atoms with Crippen LogP contribution in [-0.4, -0.2) is 23.5 Å².